The maximum absolute atomic E-state index is 10.9. The van der Waals surface area contributed by atoms with Crippen molar-refractivity contribution in [1.82, 2.24) is 4.90 Å². The summed E-state index contributed by atoms with van der Waals surface area (Å²) < 4.78 is 0. The number of halogens is 1. The van der Waals surface area contributed by atoms with Gasteiger partial charge in [-0.1, -0.05) is 6.08 Å². The number of likely N-dealkylation sites (tertiary alicyclic amines) is 1. The van der Waals surface area contributed by atoms with Gasteiger partial charge < -0.3 is 10.0 Å². The van der Waals surface area contributed by atoms with Crippen LogP contribution in [0.2, 0.25) is 0 Å². The van der Waals surface area contributed by atoms with E-state index >= 15 is 0 Å². The van der Waals surface area contributed by atoms with Crippen LogP contribution < -0.4 is 0 Å². The molecule has 0 atom stereocenters. The monoisotopic (exact) mass is 383 g/mol. The van der Waals surface area contributed by atoms with E-state index in [2.05, 4.69) is 47.7 Å². The molecular weight excluding hydrogens is 362 g/mol. The van der Waals surface area contributed by atoms with Crippen LogP contribution in [0.15, 0.2) is 29.0 Å². The summed E-state index contributed by atoms with van der Waals surface area (Å²) in [6, 6.07) is 4.34. The molecule has 0 bridgehead atoms. The lowest BCUT2D eigenvalue weighted by Gasteiger charge is -2.36. The number of nitrogens with zero attached hydrogens (tertiary/aromatic N) is 1. The first-order valence-corrected chi connectivity index (χ1v) is 9.56. The van der Waals surface area contributed by atoms with E-state index < -0.39 is 5.97 Å². The van der Waals surface area contributed by atoms with Gasteiger partial charge in [-0.25, -0.2) is 0 Å². The minimum Gasteiger partial charge on any atom is -0.481 e. The predicted octanol–water partition coefficient (Wildman–Crippen LogP) is 4.69. The zero-order valence-electron chi connectivity index (χ0n) is 13.8. The summed E-state index contributed by atoms with van der Waals surface area (Å²) in [7, 11) is 0. The van der Waals surface area contributed by atoms with E-state index in [4.69, 9.17) is 5.11 Å². The normalized spacial score (nSPS) is 14.8. The number of carbonyl (C=O) groups is 1. The Kier molecular flexibility index (Phi) is 6.63. The van der Waals surface area contributed by atoms with E-state index in [1.165, 1.54) is 26.5 Å². The molecule has 6 heteroatoms. The molecule has 0 aliphatic carbocycles. The Balaban J connectivity index is 0.00000208. The first kappa shape index (κ1) is 19.2. The second kappa shape index (κ2) is 8.30. The summed E-state index contributed by atoms with van der Waals surface area (Å²) in [5, 5.41) is 13.2. The van der Waals surface area contributed by atoms with Crippen molar-refractivity contribution in [1.29, 1.82) is 0 Å². The van der Waals surface area contributed by atoms with E-state index in [1.807, 2.05) is 0 Å². The molecule has 3 heterocycles. The third-order valence-electron chi connectivity index (χ3n) is 4.31. The molecule has 1 fully saturated rings. The van der Waals surface area contributed by atoms with Crippen molar-refractivity contribution in [3.63, 3.8) is 0 Å². The first-order chi connectivity index (χ1) is 11.1. The van der Waals surface area contributed by atoms with Gasteiger partial charge in [0.05, 0.1) is 5.92 Å². The van der Waals surface area contributed by atoms with Crippen LogP contribution in [0.25, 0.3) is 5.57 Å². The number of aryl methyl sites for hydroxylation is 2. The van der Waals surface area contributed by atoms with Crippen molar-refractivity contribution < 1.29 is 9.90 Å². The minimum absolute atomic E-state index is 0. The summed E-state index contributed by atoms with van der Waals surface area (Å²) in [5.41, 5.74) is 3.98. The molecule has 0 spiro atoms. The van der Waals surface area contributed by atoms with Crippen LogP contribution in [0.3, 0.4) is 0 Å². The van der Waals surface area contributed by atoms with Crippen molar-refractivity contribution in [2.45, 2.75) is 20.3 Å². The number of rotatable bonds is 6. The third-order valence-corrected chi connectivity index (χ3v) is 6.41. The van der Waals surface area contributed by atoms with Crippen molar-refractivity contribution in [3.8, 4) is 0 Å². The zero-order valence-corrected chi connectivity index (χ0v) is 16.3. The molecule has 2 aromatic heterocycles. The van der Waals surface area contributed by atoms with Gasteiger partial charge in [-0.2, -0.15) is 0 Å². The highest BCUT2D eigenvalue weighted by Crippen LogP contribution is 2.35. The van der Waals surface area contributed by atoms with Gasteiger partial charge in [0.15, 0.2) is 0 Å². The fourth-order valence-electron chi connectivity index (χ4n) is 2.89. The molecule has 1 N–H and O–H groups in total. The lowest BCUT2D eigenvalue weighted by Crippen LogP contribution is -2.50. The fourth-order valence-corrected chi connectivity index (χ4v) is 4.90. The maximum atomic E-state index is 10.9. The topological polar surface area (TPSA) is 40.5 Å². The van der Waals surface area contributed by atoms with Crippen molar-refractivity contribution in [2.75, 3.05) is 19.6 Å². The molecule has 1 aliphatic heterocycles. The Hall–Kier alpha value is -1.14. The van der Waals surface area contributed by atoms with Gasteiger partial charge in [0.2, 0.25) is 0 Å². The quantitative estimate of drug-likeness (QED) is 0.786. The summed E-state index contributed by atoms with van der Waals surface area (Å²) >= 11 is 3.59. The van der Waals surface area contributed by atoms with Gasteiger partial charge >= 0.3 is 5.97 Å². The smallest absolute Gasteiger partial charge is 0.309 e. The highest BCUT2D eigenvalue weighted by Gasteiger charge is 2.31. The van der Waals surface area contributed by atoms with E-state index in [0.717, 1.165) is 13.0 Å². The summed E-state index contributed by atoms with van der Waals surface area (Å²) in [6.45, 7) is 6.64. The summed E-state index contributed by atoms with van der Waals surface area (Å²) in [5.74, 6) is -0.835. The molecule has 130 valence electrons. The molecule has 0 unspecified atom stereocenters. The number of carboxylic acids is 1. The number of thiophene rings is 2. The van der Waals surface area contributed by atoms with Crippen LogP contribution in [0, 0.1) is 19.8 Å². The van der Waals surface area contributed by atoms with E-state index in [-0.39, 0.29) is 18.3 Å². The number of aliphatic carboxylic acids is 1. The van der Waals surface area contributed by atoms with Crippen LogP contribution in [-0.2, 0) is 4.79 Å². The fraction of sp³-hybridized carbons (Fsp3) is 0.389. The summed E-state index contributed by atoms with van der Waals surface area (Å²) in [4.78, 5) is 15.8. The Labute approximate surface area is 157 Å². The second-order valence-electron chi connectivity index (χ2n) is 6.07. The minimum atomic E-state index is -0.666. The maximum Gasteiger partial charge on any atom is 0.309 e. The predicted molar refractivity (Wildman–Crippen MR) is 105 cm³/mol. The van der Waals surface area contributed by atoms with Crippen LogP contribution in [0.5, 0.6) is 0 Å². The molecule has 0 amide bonds. The SMILES string of the molecule is Cc1ccsc1C(=CCCN1CC(C(=O)O)C1)c1sccc1C.Cl. The lowest BCUT2D eigenvalue weighted by atomic mass is 10.00. The molecule has 0 radical (unpaired) electrons. The average Bonchev–Trinajstić information content (AvgIpc) is 3.05. The number of hydrogen-bond donors (Lipinski definition) is 1. The van der Waals surface area contributed by atoms with Crippen LogP contribution >= 0.6 is 35.1 Å². The van der Waals surface area contributed by atoms with Gasteiger partial charge in [-0.05, 0) is 54.3 Å². The highest BCUT2D eigenvalue weighted by molar-refractivity contribution is 7.14. The van der Waals surface area contributed by atoms with Gasteiger partial charge in [0, 0.05) is 35.0 Å². The Morgan fingerprint density at radius 3 is 2.17 bits per heavy atom. The van der Waals surface area contributed by atoms with Gasteiger partial charge in [0.25, 0.3) is 0 Å². The number of carboxylic acid groups (broad SMARTS) is 1. The highest BCUT2D eigenvalue weighted by atomic mass is 35.5. The van der Waals surface area contributed by atoms with Gasteiger partial charge in [-0.15, -0.1) is 35.1 Å². The van der Waals surface area contributed by atoms with E-state index in [9.17, 15) is 4.79 Å². The molecule has 3 nitrogen and oxygen atoms in total. The van der Waals surface area contributed by atoms with E-state index in [0.29, 0.717) is 13.1 Å². The molecule has 1 saturated heterocycles. The lowest BCUT2D eigenvalue weighted by molar-refractivity contribution is -0.147. The zero-order chi connectivity index (χ0) is 16.4. The van der Waals surface area contributed by atoms with Crippen molar-refractivity contribution >= 4 is 46.6 Å². The van der Waals surface area contributed by atoms with Crippen LogP contribution in [-0.4, -0.2) is 35.6 Å². The van der Waals surface area contributed by atoms with Crippen molar-refractivity contribution in [2.24, 2.45) is 5.92 Å². The van der Waals surface area contributed by atoms with Crippen LogP contribution in [0.1, 0.15) is 27.3 Å². The summed E-state index contributed by atoms with van der Waals surface area (Å²) in [6.07, 6.45) is 3.28. The third kappa shape index (κ3) is 4.09. The van der Waals surface area contributed by atoms with Gasteiger partial charge in [0.1, 0.15) is 0 Å². The Morgan fingerprint density at radius 2 is 1.75 bits per heavy atom. The number of hydrogen-bond acceptors (Lipinski definition) is 4. The van der Waals surface area contributed by atoms with E-state index in [1.54, 1.807) is 22.7 Å². The molecule has 3 rings (SSSR count). The van der Waals surface area contributed by atoms with Crippen molar-refractivity contribution in [3.05, 3.63) is 49.9 Å². The second-order valence-corrected chi connectivity index (χ2v) is 7.90. The average molecular weight is 384 g/mol. The Bertz CT molecular complexity index is 687. The largest absolute Gasteiger partial charge is 0.481 e. The van der Waals surface area contributed by atoms with Gasteiger partial charge in [-0.3, -0.25) is 4.79 Å². The first-order valence-electron chi connectivity index (χ1n) is 7.80. The molecule has 0 saturated carbocycles. The molecule has 24 heavy (non-hydrogen) atoms. The molecule has 2 aromatic rings. The molecule has 1 aliphatic rings. The Morgan fingerprint density at radius 1 is 1.21 bits per heavy atom. The standard InChI is InChI=1S/C18H21NO2S2.ClH/c1-12-5-8-22-16(12)15(17-13(2)6-9-23-17)4-3-7-19-10-14(11-19)18(20)21;/h4-6,8-9,14H,3,7,10-11H2,1-2H3,(H,20,21);1H. The van der Waals surface area contributed by atoms with Crippen LogP contribution in [0.4, 0.5) is 0 Å². The molecular formula is C18H22ClNO2S2. The molecule has 0 aromatic carbocycles.